The lowest BCUT2D eigenvalue weighted by molar-refractivity contribution is 0.0699. The van der Waals surface area contributed by atoms with Crippen LogP contribution in [-0.2, 0) is 4.74 Å². The van der Waals surface area contributed by atoms with Crippen molar-refractivity contribution in [2.24, 2.45) is 11.8 Å². The first kappa shape index (κ1) is 12.1. The van der Waals surface area contributed by atoms with Gasteiger partial charge in [0.05, 0.1) is 0 Å². The number of nitrogen functional groups attached to an aromatic ring is 1. The van der Waals surface area contributed by atoms with Gasteiger partial charge in [-0.05, 0) is 25.7 Å². The van der Waals surface area contributed by atoms with E-state index in [1.807, 2.05) is 13.0 Å². The van der Waals surface area contributed by atoms with E-state index in [2.05, 4.69) is 20.7 Å². The molecule has 1 aromatic heterocycles. The molecule has 2 rings (SSSR count). The Morgan fingerprint density at radius 2 is 2.18 bits per heavy atom. The summed E-state index contributed by atoms with van der Waals surface area (Å²) in [6.07, 6.45) is 2.22. The standard InChI is InChI=1S/C11H19N5O/c1-8-6-10(15-11(14-8)16-12)13-7-9-2-4-17-5-3-9/h6,9H,2-5,7,12H2,1H3,(H2,13,14,15,16). The lowest BCUT2D eigenvalue weighted by Gasteiger charge is -2.22. The van der Waals surface area contributed by atoms with Crippen molar-refractivity contribution in [3.63, 3.8) is 0 Å². The van der Waals surface area contributed by atoms with Crippen LogP contribution < -0.4 is 16.6 Å². The van der Waals surface area contributed by atoms with Crippen molar-refractivity contribution in [1.82, 2.24) is 9.97 Å². The Hall–Kier alpha value is -1.40. The minimum atomic E-state index is 0.444. The number of hydrazine groups is 1. The topological polar surface area (TPSA) is 85.1 Å². The molecule has 0 spiro atoms. The Morgan fingerprint density at radius 1 is 1.41 bits per heavy atom. The molecule has 0 atom stereocenters. The van der Waals surface area contributed by atoms with Crippen molar-refractivity contribution in [1.29, 1.82) is 0 Å². The number of aromatic nitrogens is 2. The average Bonchev–Trinajstić information content (AvgIpc) is 2.37. The van der Waals surface area contributed by atoms with Crippen molar-refractivity contribution < 1.29 is 4.74 Å². The summed E-state index contributed by atoms with van der Waals surface area (Å²) in [6.45, 7) is 4.57. The van der Waals surface area contributed by atoms with Gasteiger partial charge in [0.15, 0.2) is 0 Å². The molecule has 1 aliphatic rings. The van der Waals surface area contributed by atoms with E-state index in [-0.39, 0.29) is 0 Å². The summed E-state index contributed by atoms with van der Waals surface area (Å²) < 4.78 is 5.33. The van der Waals surface area contributed by atoms with Crippen LogP contribution >= 0.6 is 0 Å². The van der Waals surface area contributed by atoms with Gasteiger partial charge in [0.25, 0.3) is 0 Å². The summed E-state index contributed by atoms with van der Waals surface area (Å²) in [5.74, 6) is 7.23. The van der Waals surface area contributed by atoms with E-state index < -0.39 is 0 Å². The maximum atomic E-state index is 5.33. The molecule has 0 bridgehead atoms. The average molecular weight is 237 g/mol. The SMILES string of the molecule is Cc1cc(NCC2CCOCC2)nc(NN)n1. The van der Waals surface area contributed by atoms with Gasteiger partial charge in [-0.2, -0.15) is 4.98 Å². The van der Waals surface area contributed by atoms with Gasteiger partial charge < -0.3 is 10.1 Å². The van der Waals surface area contributed by atoms with Gasteiger partial charge in [0, 0.05) is 31.5 Å². The van der Waals surface area contributed by atoms with E-state index in [4.69, 9.17) is 10.6 Å². The van der Waals surface area contributed by atoms with E-state index in [1.54, 1.807) is 0 Å². The highest BCUT2D eigenvalue weighted by Gasteiger charge is 2.13. The van der Waals surface area contributed by atoms with Gasteiger partial charge >= 0.3 is 0 Å². The monoisotopic (exact) mass is 237 g/mol. The van der Waals surface area contributed by atoms with E-state index in [1.165, 1.54) is 0 Å². The Bertz CT molecular complexity index is 365. The fraction of sp³-hybridized carbons (Fsp3) is 0.636. The van der Waals surface area contributed by atoms with E-state index in [0.29, 0.717) is 11.9 Å². The van der Waals surface area contributed by atoms with Crippen LogP contribution in [0.15, 0.2) is 6.07 Å². The van der Waals surface area contributed by atoms with Gasteiger partial charge in [-0.1, -0.05) is 0 Å². The van der Waals surface area contributed by atoms with Crippen LogP contribution in [0.1, 0.15) is 18.5 Å². The molecule has 2 heterocycles. The molecule has 0 unspecified atom stereocenters. The minimum Gasteiger partial charge on any atom is -0.381 e. The minimum absolute atomic E-state index is 0.444. The number of anilines is 2. The maximum absolute atomic E-state index is 5.33. The molecule has 0 amide bonds. The fourth-order valence-corrected chi connectivity index (χ4v) is 1.92. The van der Waals surface area contributed by atoms with Gasteiger partial charge in [-0.3, -0.25) is 5.43 Å². The Labute approximate surface area is 101 Å². The first-order valence-electron chi connectivity index (χ1n) is 5.92. The zero-order valence-corrected chi connectivity index (χ0v) is 10.1. The summed E-state index contributed by atoms with van der Waals surface area (Å²) in [4.78, 5) is 8.39. The van der Waals surface area contributed by atoms with Crippen LogP contribution in [0.4, 0.5) is 11.8 Å². The molecule has 1 fully saturated rings. The molecule has 17 heavy (non-hydrogen) atoms. The molecule has 0 aromatic carbocycles. The lowest BCUT2D eigenvalue weighted by Crippen LogP contribution is -2.23. The number of rotatable bonds is 4. The van der Waals surface area contributed by atoms with Gasteiger partial charge in [0.1, 0.15) is 5.82 Å². The first-order valence-corrected chi connectivity index (χ1v) is 5.92. The van der Waals surface area contributed by atoms with Crippen molar-refractivity contribution >= 4 is 11.8 Å². The van der Waals surface area contributed by atoms with Gasteiger partial charge in [-0.15, -0.1) is 0 Å². The Morgan fingerprint density at radius 3 is 2.88 bits per heavy atom. The van der Waals surface area contributed by atoms with Crippen molar-refractivity contribution in [3.05, 3.63) is 11.8 Å². The number of aryl methyl sites for hydroxylation is 1. The maximum Gasteiger partial charge on any atom is 0.239 e. The predicted molar refractivity (Wildman–Crippen MR) is 66.6 cm³/mol. The summed E-state index contributed by atoms with van der Waals surface area (Å²) in [7, 11) is 0. The molecule has 1 saturated heterocycles. The number of nitrogens with one attached hydrogen (secondary N) is 2. The van der Waals surface area contributed by atoms with Gasteiger partial charge in [-0.25, -0.2) is 10.8 Å². The normalized spacial score (nSPS) is 16.8. The molecule has 4 N–H and O–H groups in total. The third-order valence-electron chi connectivity index (χ3n) is 2.90. The van der Waals surface area contributed by atoms with Crippen LogP contribution in [0, 0.1) is 12.8 Å². The van der Waals surface area contributed by atoms with Crippen molar-refractivity contribution in [2.75, 3.05) is 30.5 Å². The highest BCUT2D eigenvalue weighted by Crippen LogP contribution is 2.16. The molecular formula is C11H19N5O. The molecule has 94 valence electrons. The molecular weight excluding hydrogens is 218 g/mol. The third-order valence-corrected chi connectivity index (χ3v) is 2.90. The first-order chi connectivity index (χ1) is 8.28. The quantitative estimate of drug-likeness (QED) is 0.533. The summed E-state index contributed by atoms with van der Waals surface area (Å²) >= 11 is 0. The second-order valence-electron chi connectivity index (χ2n) is 4.30. The third kappa shape index (κ3) is 3.54. The molecule has 6 heteroatoms. The number of nitrogens with two attached hydrogens (primary N) is 1. The summed E-state index contributed by atoms with van der Waals surface area (Å²) in [6, 6.07) is 1.92. The number of hydrogen-bond acceptors (Lipinski definition) is 6. The highest BCUT2D eigenvalue weighted by molar-refractivity contribution is 5.41. The van der Waals surface area contributed by atoms with Crippen LogP contribution in [0.5, 0.6) is 0 Å². The van der Waals surface area contributed by atoms with E-state index in [0.717, 1.165) is 44.1 Å². The second kappa shape index (κ2) is 5.79. The zero-order chi connectivity index (χ0) is 12.1. The zero-order valence-electron chi connectivity index (χ0n) is 10.1. The van der Waals surface area contributed by atoms with E-state index >= 15 is 0 Å². The van der Waals surface area contributed by atoms with E-state index in [9.17, 15) is 0 Å². The predicted octanol–water partition coefficient (Wildman–Crippen LogP) is 0.909. The summed E-state index contributed by atoms with van der Waals surface area (Å²) in [5.41, 5.74) is 3.36. The number of hydrogen-bond donors (Lipinski definition) is 3. The Balaban J connectivity index is 1.91. The lowest BCUT2D eigenvalue weighted by atomic mass is 10.0. The molecule has 0 saturated carbocycles. The van der Waals surface area contributed by atoms with Crippen LogP contribution in [0.3, 0.4) is 0 Å². The highest BCUT2D eigenvalue weighted by atomic mass is 16.5. The summed E-state index contributed by atoms with van der Waals surface area (Å²) in [5, 5.41) is 3.33. The fourth-order valence-electron chi connectivity index (χ4n) is 1.92. The molecule has 1 aromatic rings. The number of ether oxygens (including phenoxy) is 1. The molecule has 0 aliphatic carbocycles. The van der Waals surface area contributed by atoms with Crippen molar-refractivity contribution in [3.8, 4) is 0 Å². The molecule has 6 nitrogen and oxygen atoms in total. The molecule has 1 aliphatic heterocycles. The smallest absolute Gasteiger partial charge is 0.239 e. The van der Waals surface area contributed by atoms with Crippen LogP contribution in [0.2, 0.25) is 0 Å². The van der Waals surface area contributed by atoms with Crippen LogP contribution in [-0.4, -0.2) is 29.7 Å². The van der Waals surface area contributed by atoms with Crippen LogP contribution in [0.25, 0.3) is 0 Å². The van der Waals surface area contributed by atoms with Gasteiger partial charge in [0.2, 0.25) is 5.95 Å². The Kier molecular flexibility index (Phi) is 4.11. The van der Waals surface area contributed by atoms with Crippen molar-refractivity contribution in [2.45, 2.75) is 19.8 Å². The second-order valence-corrected chi connectivity index (χ2v) is 4.30. The number of nitrogens with zero attached hydrogens (tertiary/aromatic N) is 2. The largest absolute Gasteiger partial charge is 0.381 e. The molecule has 0 radical (unpaired) electrons.